The van der Waals surface area contributed by atoms with Crippen molar-refractivity contribution in [1.29, 1.82) is 0 Å². The Hall–Kier alpha value is -2.29. The Bertz CT molecular complexity index is 578. The summed E-state index contributed by atoms with van der Waals surface area (Å²) in [6.07, 6.45) is 1.04. The zero-order valence-corrected chi connectivity index (χ0v) is 10.9. The van der Waals surface area contributed by atoms with E-state index in [2.05, 4.69) is 5.32 Å². The predicted molar refractivity (Wildman–Crippen MR) is 76.3 cm³/mol. The molecule has 0 aliphatic carbocycles. The van der Waals surface area contributed by atoms with Crippen LogP contribution in [-0.2, 0) is 17.6 Å². The highest BCUT2D eigenvalue weighted by Crippen LogP contribution is 2.19. The summed E-state index contributed by atoms with van der Waals surface area (Å²) in [5.41, 5.74) is 2.58. The van der Waals surface area contributed by atoms with Gasteiger partial charge >= 0.3 is 0 Å². The van der Waals surface area contributed by atoms with Crippen LogP contribution in [0.15, 0.2) is 48.5 Å². The van der Waals surface area contributed by atoms with Crippen LogP contribution in [0, 0.1) is 0 Å². The summed E-state index contributed by atoms with van der Waals surface area (Å²) < 4.78 is 0. The lowest BCUT2D eigenvalue weighted by Gasteiger charge is -2.10. The first-order valence-corrected chi connectivity index (χ1v) is 6.35. The van der Waals surface area contributed by atoms with E-state index in [0.717, 1.165) is 17.7 Å². The van der Waals surface area contributed by atoms with Crippen LogP contribution in [0.5, 0.6) is 5.75 Å². The molecular formula is C16H17NO2. The molecule has 2 N–H and O–H groups in total. The minimum atomic E-state index is -0.123. The molecule has 3 nitrogen and oxygen atoms in total. The Balaban J connectivity index is 2.08. The first kappa shape index (κ1) is 13.1. The Morgan fingerprint density at radius 3 is 2.37 bits per heavy atom. The lowest BCUT2D eigenvalue weighted by Crippen LogP contribution is -2.15. The van der Waals surface area contributed by atoms with Crippen molar-refractivity contribution in [2.75, 3.05) is 5.32 Å². The molecule has 0 atom stereocenters. The third kappa shape index (κ3) is 3.35. The number of rotatable bonds is 4. The third-order valence-electron chi connectivity index (χ3n) is 3.01. The number of carbonyl (C=O) groups is 1. The van der Waals surface area contributed by atoms with Crippen LogP contribution in [0.4, 0.5) is 5.69 Å². The minimum absolute atomic E-state index is 0.123. The Labute approximate surface area is 112 Å². The number of hydrogen-bond acceptors (Lipinski definition) is 2. The van der Waals surface area contributed by atoms with Gasteiger partial charge in [0.05, 0.1) is 6.42 Å². The zero-order chi connectivity index (χ0) is 13.7. The van der Waals surface area contributed by atoms with Crippen LogP contribution in [0.25, 0.3) is 0 Å². The molecule has 0 aliphatic heterocycles. The normalized spacial score (nSPS) is 10.2. The third-order valence-corrected chi connectivity index (χ3v) is 3.01. The van der Waals surface area contributed by atoms with Crippen molar-refractivity contribution in [2.45, 2.75) is 19.8 Å². The van der Waals surface area contributed by atoms with Gasteiger partial charge < -0.3 is 10.4 Å². The lowest BCUT2D eigenvalue weighted by atomic mass is 10.1. The van der Waals surface area contributed by atoms with Crippen molar-refractivity contribution in [3.63, 3.8) is 0 Å². The molecular weight excluding hydrogens is 238 g/mol. The first-order valence-electron chi connectivity index (χ1n) is 6.35. The number of nitrogens with one attached hydrogen (secondary N) is 1. The van der Waals surface area contributed by atoms with Crippen LogP contribution in [0.3, 0.4) is 0 Å². The van der Waals surface area contributed by atoms with Gasteiger partial charge in [0.2, 0.25) is 5.91 Å². The van der Waals surface area contributed by atoms with Gasteiger partial charge in [0, 0.05) is 11.3 Å². The second kappa shape index (κ2) is 6.05. The molecule has 0 fully saturated rings. The maximum Gasteiger partial charge on any atom is 0.228 e. The molecule has 0 heterocycles. The standard InChI is InChI=1S/C16H17NO2/c1-2-12-7-3-5-9-14(12)17-16(19)11-13-8-4-6-10-15(13)18/h3-10,18H,2,11H2,1H3,(H,17,19). The molecule has 1 amide bonds. The Morgan fingerprint density at radius 1 is 1.05 bits per heavy atom. The van der Waals surface area contributed by atoms with Gasteiger partial charge in [0.1, 0.15) is 5.75 Å². The number of aromatic hydroxyl groups is 1. The van der Waals surface area contributed by atoms with Crippen LogP contribution >= 0.6 is 0 Å². The quantitative estimate of drug-likeness (QED) is 0.881. The van der Waals surface area contributed by atoms with E-state index < -0.39 is 0 Å². The van der Waals surface area contributed by atoms with Crippen LogP contribution < -0.4 is 5.32 Å². The van der Waals surface area contributed by atoms with Gasteiger partial charge in [-0.2, -0.15) is 0 Å². The molecule has 2 aromatic rings. The fourth-order valence-electron chi connectivity index (χ4n) is 1.98. The summed E-state index contributed by atoms with van der Waals surface area (Å²) in [5, 5.41) is 12.5. The van der Waals surface area contributed by atoms with E-state index in [4.69, 9.17) is 0 Å². The number of benzene rings is 2. The molecule has 2 rings (SSSR count). The molecule has 0 saturated carbocycles. The van der Waals surface area contributed by atoms with Crippen LogP contribution in [0.2, 0.25) is 0 Å². The van der Waals surface area contributed by atoms with Crippen molar-refractivity contribution >= 4 is 11.6 Å². The van der Waals surface area contributed by atoms with Gasteiger partial charge in [-0.25, -0.2) is 0 Å². The van der Waals surface area contributed by atoms with Crippen molar-refractivity contribution in [3.05, 3.63) is 59.7 Å². The number of anilines is 1. The number of hydrogen-bond donors (Lipinski definition) is 2. The van der Waals surface area contributed by atoms with Gasteiger partial charge in [-0.05, 0) is 24.1 Å². The highest BCUT2D eigenvalue weighted by molar-refractivity contribution is 5.93. The van der Waals surface area contributed by atoms with Gasteiger partial charge in [0.15, 0.2) is 0 Å². The van der Waals surface area contributed by atoms with Crippen molar-refractivity contribution in [2.24, 2.45) is 0 Å². The second-order valence-corrected chi connectivity index (χ2v) is 4.36. The number of aryl methyl sites for hydroxylation is 1. The summed E-state index contributed by atoms with van der Waals surface area (Å²) in [6, 6.07) is 14.6. The average Bonchev–Trinajstić information content (AvgIpc) is 2.42. The molecule has 0 aliphatic rings. The molecule has 19 heavy (non-hydrogen) atoms. The van der Waals surface area contributed by atoms with Crippen LogP contribution in [0.1, 0.15) is 18.1 Å². The number of para-hydroxylation sites is 2. The Morgan fingerprint density at radius 2 is 1.68 bits per heavy atom. The molecule has 98 valence electrons. The average molecular weight is 255 g/mol. The maximum atomic E-state index is 12.0. The summed E-state index contributed by atoms with van der Waals surface area (Å²) in [4.78, 5) is 12.0. The molecule has 0 aromatic heterocycles. The smallest absolute Gasteiger partial charge is 0.228 e. The maximum absolute atomic E-state index is 12.0. The van der Waals surface area contributed by atoms with Crippen LogP contribution in [-0.4, -0.2) is 11.0 Å². The van der Waals surface area contributed by atoms with Crippen molar-refractivity contribution < 1.29 is 9.90 Å². The van der Waals surface area contributed by atoms with E-state index in [-0.39, 0.29) is 18.1 Å². The second-order valence-electron chi connectivity index (χ2n) is 4.36. The number of phenols is 1. The zero-order valence-electron chi connectivity index (χ0n) is 10.9. The highest BCUT2D eigenvalue weighted by atomic mass is 16.3. The molecule has 0 saturated heterocycles. The van der Waals surface area contributed by atoms with Crippen molar-refractivity contribution in [1.82, 2.24) is 0 Å². The van der Waals surface area contributed by atoms with E-state index in [1.807, 2.05) is 37.3 Å². The van der Waals surface area contributed by atoms with Gasteiger partial charge in [-0.1, -0.05) is 43.3 Å². The number of phenolic OH excluding ortho intramolecular Hbond substituents is 1. The monoisotopic (exact) mass is 255 g/mol. The molecule has 0 spiro atoms. The summed E-state index contributed by atoms with van der Waals surface area (Å²) in [5.74, 6) is 0.0313. The molecule has 0 radical (unpaired) electrons. The number of carbonyl (C=O) groups excluding carboxylic acids is 1. The fraction of sp³-hybridized carbons (Fsp3) is 0.188. The van der Waals surface area contributed by atoms with E-state index in [1.165, 1.54) is 0 Å². The Kier molecular flexibility index (Phi) is 4.18. The molecule has 0 bridgehead atoms. The minimum Gasteiger partial charge on any atom is -0.508 e. The van der Waals surface area contributed by atoms with Gasteiger partial charge in [0.25, 0.3) is 0 Å². The fourth-order valence-corrected chi connectivity index (χ4v) is 1.98. The van der Waals surface area contributed by atoms with E-state index in [1.54, 1.807) is 18.2 Å². The highest BCUT2D eigenvalue weighted by Gasteiger charge is 2.08. The first-order chi connectivity index (χ1) is 9.20. The van der Waals surface area contributed by atoms with E-state index in [9.17, 15) is 9.90 Å². The largest absolute Gasteiger partial charge is 0.508 e. The summed E-state index contributed by atoms with van der Waals surface area (Å²) in [6.45, 7) is 2.05. The van der Waals surface area contributed by atoms with E-state index >= 15 is 0 Å². The number of amides is 1. The molecule has 3 heteroatoms. The van der Waals surface area contributed by atoms with E-state index in [0.29, 0.717) is 5.56 Å². The SMILES string of the molecule is CCc1ccccc1NC(=O)Cc1ccccc1O. The molecule has 0 unspecified atom stereocenters. The lowest BCUT2D eigenvalue weighted by molar-refractivity contribution is -0.115. The predicted octanol–water partition coefficient (Wildman–Crippen LogP) is 3.14. The van der Waals surface area contributed by atoms with Gasteiger partial charge in [-0.3, -0.25) is 4.79 Å². The topological polar surface area (TPSA) is 49.3 Å². The van der Waals surface area contributed by atoms with Crippen molar-refractivity contribution in [3.8, 4) is 5.75 Å². The summed E-state index contributed by atoms with van der Waals surface area (Å²) in [7, 11) is 0. The van der Waals surface area contributed by atoms with Gasteiger partial charge in [-0.15, -0.1) is 0 Å². The summed E-state index contributed by atoms with van der Waals surface area (Å²) >= 11 is 0. The molecule has 2 aromatic carbocycles.